The first-order valence-corrected chi connectivity index (χ1v) is 15.1. The van der Waals surface area contributed by atoms with Gasteiger partial charge in [-0.1, -0.05) is 49.2 Å². The summed E-state index contributed by atoms with van der Waals surface area (Å²) in [5.74, 6) is 0.171. The average Bonchev–Trinajstić information content (AvgIpc) is 3.67. The number of carbonyl (C=O) groups is 2. The predicted octanol–water partition coefficient (Wildman–Crippen LogP) is 4.81. The minimum atomic E-state index is -3.97. The third kappa shape index (κ3) is 5.99. The van der Waals surface area contributed by atoms with E-state index in [1.54, 1.807) is 24.3 Å². The number of aromatic nitrogens is 2. The maximum atomic E-state index is 13.5. The van der Waals surface area contributed by atoms with E-state index in [1.165, 1.54) is 30.6 Å². The van der Waals surface area contributed by atoms with Crippen LogP contribution in [0.4, 0.5) is 9.93 Å². The summed E-state index contributed by atoms with van der Waals surface area (Å²) in [6, 6.07) is 9.78. The summed E-state index contributed by atoms with van der Waals surface area (Å²) in [5.41, 5.74) is 1.36. The second-order valence-corrected chi connectivity index (χ2v) is 12.7. The Morgan fingerprint density at radius 2 is 1.85 bits per heavy atom. The molecular weight excluding hydrogens is 544 g/mol. The van der Waals surface area contributed by atoms with Crippen LogP contribution < -0.4 is 10.1 Å². The van der Waals surface area contributed by atoms with Gasteiger partial charge < -0.3 is 19.9 Å². The molecule has 2 aliphatic rings. The summed E-state index contributed by atoms with van der Waals surface area (Å²) >= 11 is 1.26. The Labute approximate surface area is 230 Å². The van der Waals surface area contributed by atoms with Gasteiger partial charge in [-0.05, 0) is 42.5 Å². The van der Waals surface area contributed by atoms with Gasteiger partial charge in [-0.25, -0.2) is 23.2 Å². The minimum Gasteiger partial charge on any atom is -0.481 e. The van der Waals surface area contributed by atoms with Crippen LogP contribution in [0.25, 0.3) is 10.3 Å². The highest BCUT2D eigenvalue weighted by molar-refractivity contribution is 7.89. The van der Waals surface area contributed by atoms with Gasteiger partial charge in [0, 0.05) is 19.0 Å². The molecule has 2 aromatic heterocycles. The SMILES string of the molecule is COc1ccc2nc(NC(=O)C(CC3CCCC3)c3ccc(S(=O)(=O)N4CCC[C@H]4OC(=O)O)cc3)sc2n1. The number of carbonyl (C=O) groups excluding carboxylic acids is 1. The maximum Gasteiger partial charge on any atom is 0.507 e. The Bertz CT molecular complexity index is 1450. The Kier molecular flexibility index (Phi) is 8.01. The van der Waals surface area contributed by atoms with E-state index in [9.17, 15) is 18.0 Å². The number of sulfonamides is 1. The lowest BCUT2D eigenvalue weighted by atomic mass is 9.87. The first-order valence-electron chi connectivity index (χ1n) is 12.9. The summed E-state index contributed by atoms with van der Waals surface area (Å²) in [6.45, 7) is 0.178. The molecule has 39 heavy (non-hydrogen) atoms. The van der Waals surface area contributed by atoms with Crippen molar-refractivity contribution in [2.75, 3.05) is 19.0 Å². The van der Waals surface area contributed by atoms with Gasteiger partial charge >= 0.3 is 6.16 Å². The smallest absolute Gasteiger partial charge is 0.481 e. The van der Waals surface area contributed by atoms with Crippen molar-refractivity contribution in [1.82, 2.24) is 14.3 Å². The second-order valence-electron chi connectivity index (χ2n) is 9.79. The number of pyridine rings is 1. The number of carboxylic acid groups (broad SMARTS) is 1. The highest BCUT2D eigenvalue weighted by atomic mass is 32.2. The number of rotatable bonds is 9. The fourth-order valence-electron chi connectivity index (χ4n) is 5.36. The summed E-state index contributed by atoms with van der Waals surface area (Å²) in [6.07, 6.45) is 3.29. The lowest BCUT2D eigenvalue weighted by Gasteiger charge is -2.23. The molecule has 1 saturated carbocycles. The summed E-state index contributed by atoms with van der Waals surface area (Å²) in [5, 5.41) is 12.3. The van der Waals surface area contributed by atoms with Crippen molar-refractivity contribution in [2.45, 2.75) is 62.0 Å². The van der Waals surface area contributed by atoms with Gasteiger partial charge in [-0.3, -0.25) is 4.79 Å². The molecule has 1 unspecified atom stereocenters. The molecule has 1 saturated heterocycles. The van der Waals surface area contributed by atoms with E-state index < -0.39 is 28.3 Å². The molecule has 0 radical (unpaired) electrons. The molecule has 13 heteroatoms. The van der Waals surface area contributed by atoms with Crippen molar-refractivity contribution in [3.63, 3.8) is 0 Å². The lowest BCUT2D eigenvalue weighted by Crippen LogP contribution is -2.38. The number of nitrogens with zero attached hydrogens (tertiary/aromatic N) is 3. The molecule has 3 heterocycles. The van der Waals surface area contributed by atoms with E-state index in [0.29, 0.717) is 52.1 Å². The van der Waals surface area contributed by atoms with Crippen molar-refractivity contribution >= 4 is 48.9 Å². The molecule has 2 N–H and O–H groups in total. The quantitative estimate of drug-likeness (QED) is 0.344. The van der Waals surface area contributed by atoms with E-state index in [0.717, 1.165) is 30.0 Å². The molecule has 2 atom stereocenters. The number of fused-ring (bicyclic) bond motifs is 1. The Balaban J connectivity index is 1.37. The second kappa shape index (κ2) is 11.4. The van der Waals surface area contributed by atoms with Gasteiger partial charge in [0.15, 0.2) is 11.4 Å². The molecule has 1 aliphatic carbocycles. The zero-order valence-corrected chi connectivity index (χ0v) is 23.0. The van der Waals surface area contributed by atoms with Crippen LogP contribution in [0, 0.1) is 5.92 Å². The van der Waals surface area contributed by atoms with Crippen LogP contribution in [0.2, 0.25) is 0 Å². The Morgan fingerprint density at radius 3 is 2.54 bits per heavy atom. The minimum absolute atomic E-state index is 0.0263. The van der Waals surface area contributed by atoms with E-state index in [4.69, 9.17) is 14.6 Å². The molecule has 0 bridgehead atoms. The Hall–Kier alpha value is -3.29. The van der Waals surface area contributed by atoms with Gasteiger partial charge in [0.1, 0.15) is 10.3 Å². The number of nitrogens with one attached hydrogen (secondary N) is 1. The van der Waals surface area contributed by atoms with Crippen molar-refractivity contribution in [2.24, 2.45) is 5.92 Å². The van der Waals surface area contributed by atoms with Gasteiger partial charge in [-0.15, -0.1) is 0 Å². The summed E-state index contributed by atoms with van der Waals surface area (Å²) in [7, 11) is -2.43. The third-order valence-electron chi connectivity index (χ3n) is 7.31. The van der Waals surface area contributed by atoms with E-state index in [1.807, 2.05) is 0 Å². The molecule has 1 aliphatic heterocycles. The normalized spacial score (nSPS) is 19.3. The molecule has 1 aromatic carbocycles. The number of ether oxygens (including phenoxy) is 2. The fourth-order valence-corrected chi connectivity index (χ4v) is 7.77. The molecular formula is C26H30N4O7S2. The van der Waals surface area contributed by atoms with Crippen LogP contribution in [-0.4, -0.2) is 59.7 Å². The predicted molar refractivity (Wildman–Crippen MR) is 144 cm³/mol. The van der Waals surface area contributed by atoms with Crippen molar-refractivity contribution in [1.29, 1.82) is 0 Å². The number of amides is 1. The molecule has 5 rings (SSSR count). The van der Waals surface area contributed by atoms with Gasteiger partial charge in [0.25, 0.3) is 0 Å². The van der Waals surface area contributed by atoms with Crippen LogP contribution in [-0.2, 0) is 19.6 Å². The molecule has 3 aromatic rings. The number of benzene rings is 1. The zero-order valence-electron chi connectivity index (χ0n) is 21.4. The van der Waals surface area contributed by atoms with Crippen molar-refractivity contribution in [3.05, 3.63) is 42.0 Å². The van der Waals surface area contributed by atoms with E-state index in [-0.39, 0.29) is 17.3 Å². The number of hydrogen-bond donors (Lipinski definition) is 2. The first kappa shape index (κ1) is 27.3. The van der Waals surface area contributed by atoms with Crippen LogP contribution in [0.1, 0.15) is 56.4 Å². The van der Waals surface area contributed by atoms with E-state index >= 15 is 0 Å². The third-order valence-corrected chi connectivity index (χ3v) is 10.1. The number of hydrogen-bond acceptors (Lipinski definition) is 9. The standard InChI is InChI=1S/C26H30N4O7S2/c1-36-21-13-12-20-24(28-21)38-25(27-20)29-23(31)19(15-16-5-2-3-6-16)17-8-10-18(11-9-17)39(34,35)30-14-4-7-22(30)37-26(32)33/h8-13,16,19,22H,2-7,14-15H2,1H3,(H,32,33)(H,27,29,31)/t19?,22-/m1/s1. The van der Waals surface area contributed by atoms with Crippen LogP contribution in [0.15, 0.2) is 41.3 Å². The van der Waals surface area contributed by atoms with Crippen LogP contribution in [0.3, 0.4) is 0 Å². The topological polar surface area (TPSA) is 148 Å². The molecule has 208 valence electrons. The van der Waals surface area contributed by atoms with E-state index in [2.05, 4.69) is 15.3 Å². The van der Waals surface area contributed by atoms with Gasteiger partial charge in [0.05, 0.1) is 17.9 Å². The average molecular weight is 575 g/mol. The highest BCUT2D eigenvalue weighted by Gasteiger charge is 2.38. The van der Waals surface area contributed by atoms with Gasteiger partial charge in [0.2, 0.25) is 21.8 Å². The monoisotopic (exact) mass is 574 g/mol. The zero-order chi connectivity index (χ0) is 27.6. The summed E-state index contributed by atoms with van der Waals surface area (Å²) in [4.78, 5) is 34.1. The van der Waals surface area contributed by atoms with Crippen molar-refractivity contribution in [3.8, 4) is 5.88 Å². The number of methoxy groups -OCH3 is 1. The highest BCUT2D eigenvalue weighted by Crippen LogP contribution is 2.36. The summed E-state index contributed by atoms with van der Waals surface area (Å²) < 4.78 is 37.5. The molecule has 1 amide bonds. The molecule has 0 spiro atoms. The maximum absolute atomic E-state index is 13.5. The number of anilines is 1. The first-order chi connectivity index (χ1) is 18.7. The Morgan fingerprint density at radius 1 is 1.10 bits per heavy atom. The fraction of sp³-hybridized carbons (Fsp3) is 0.462. The molecule has 11 nitrogen and oxygen atoms in total. The van der Waals surface area contributed by atoms with Gasteiger partial charge in [-0.2, -0.15) is 4.31 Å². The largest absolute Gasteiger partial charge is 0.507 e. The molecule has 2 fully saturated rings. The lowest BCUT2D eigenvalue weighted by molar-refractivity contribution is -0.118. The van der Waals surface area contributed by atoms with Crippen molar-refractivity contribution < 1.29 is 32.6 Å². The van der Waals surface area contributed by atoms with Crippen LogP contribution in [0.5, 0.6) is 5.88 Å². The van der Waals surface area contributed by atoms with Crippen LogP contribution >= 0.6 is 11.3 Å². The number of thiazole rings is 1.